The Balaban J connectivity index is 1.30. The van der Waals surface area contributed by atoms with Gasteiger partial charge >= 0.3 is 6.03 Å². The summed E-state index contributed by atoms with van der Waals surface area (Å²) in [6, 6.07) is 14.7. The lowest BCUT2D eigenvalue weighted by molar-refractivity contribution is -0.138. The summed E-state index contributed by atoms with van der Waals surface area (Å²) >= 11 is 0. The summed E-state index contributed by atoms with van der Waals surface area (Å²) < 4.78 is 0. The van der Waals surface area contributed by atoms with E-state index in [0.29, 0.717) is 31.9 Å². The van der Waals surface area contributed by atoms with Crippen LogP contribution in [-0.2, 0) is 16.1 Å². The molecule has 2 aromatic carbocycles. The molecule has 5 rings (SSSR count). The van der Waals surface area contributed by atoms with Crippen LogP contribution in [0.1, 0.15) is 56.1 Å². The Morgan fingerprint density at radius 2 is 1.67 bits per heavy atom. The highest BCUT2D eigenvalue weighted by Gasteiger charge is 2.34. The SMILES string of the molecule is C[C@@H](c1c[nH]c2ccccc12)[C@@H](NC(=O)N1CCN(C(=O)C2CCCCC2)CC1)C(=O)Nc1cccc(CN(C)C)c1. The normalized spacial score (nSPS) is 17.7. The molecule has 2 heterocycles. The van der Waals surface area contributed by atoms with Crippen LogP contribution in [0.2, 0.25) is 0 Å². The standard InChI is InChI=1S/C33H44N6O3/c1-23(28-21-34-29-15-8-7-14-27(28)29)30(31(40)35-26-13-9-10-24(20-26)22-37(2)3)36-33(42)39-18-16-38(17-19-39)32(41)25-11-5-4-6-12-25/h7-10,13-15,20-21,23,25,30,34H,4-6,11-12,16-19,22H2,1-3H3,(H,35,40)(H,36,42)/t23-,30+/m0/s1. The van der Waals surface area contributed by atoms with E-state index in [1.807, 2.05) is 80.6 Å². The minimum Gasteiger partial charge on any atom is -0.361 e. The second-order valence-corrected chi connectivity index (χ2v) is 12.1. The van der Waals surface area contributed by atoms with Crippen molar-refractivity contribution in [2.24, 2.45) is 5.92 Å². The number of amides is 4. The molecule has 0 spiro atoms. The fraction of sp³-hybridized carbons (Fsp3) is 0.485. The molecule has 224 valence electrons. The first-order valence-corrected chi connectivity index (χ1v) is 15.2. The van der Waals surface area contributed by atoms with Gasteiger partial charge in [0.05, 0.1) is 0 Å². The number of piperazine rings is 1. The predicted octanol–water partition coefficient (Wildman–Crippen LogP) is 4.77. The highest BCUT2D eigenvalue weighted by atomic mass is 16.2. The second kappa shape index (κ2) is 13.4. The minimum atomic E-state index is -0.809. The van der Waals surface area contributed by atoms with Crippen LogP contribution in [-0.4, -0.2) is 83.8 Å². The zero-order chi connectivity index (χ0) is 29.6. The number of para-hydroxylation sites is 1. The van der Waals surface area contributed by atoms with Crippen molar-refractivity contribution < 1.29 is 14.4 Å². The van der Waals surface area contributed by atoms with Gasteiger partial charge in [-0.1, -0.05) is 56.5 Å². The molecule has 2 atom stereocenters. The van der Waals surface area contributed by atoms with E-state index in [0.717, 1.165) is 54.3 Å². The third kappa shape index (κ3) is 6.95. The number of carbonyl (C=O) groups excluding carboxylic acids is 3. The van der Waals surface area contributed by atoms with Crippen LogP contribution in [0, 0.1) is 5.92 Å². The van der Waals surface area contributed by atoms with Crippen LogP contribution in [0.15, 0.2) is 54.7 Å². The average Bonchev–Trinajstić information content (AvgIpc) is 3.44. The van der Waals surface area contributed by atoms with Gasteiger partial charge in [0.2, 0.25) is 11.8 Å². The molecule has 9 heteroatoms. The fourth-order valence-electron chi connectivity index (χ4n) is 6.36. The van der Waals surface area contributed by atoms with Gasteiger partial charge < -0.3 is 30.3 Å². The van der Waals surface area contributed by atoms with Gasteiger partial charge in [0.25, 0.3) is 0 Å². The molecule has 0 radical (unpaired) electrons. The number of carbonyl (C=O) groups is 3. The number of H-pyrrole nitrogens is 1. The van der Waals surface area contributed by atoms with E-state index >= 15 is 0 Å². The zero-order valence-corrected chi connectivity index (χ0v) is 25.1. The number of hydrogen-bond acceptors (Lipinski definition) is 4. The first-order valence-electron chi connectivity index (χ1n) is 15.2. The fourth-order valence-corrected chi connectivity index (χ4v) is 6.36. The number of rotatable bonds is 8. The maximum Gasteiger partial charge on any atom is 0.318 e. The van der Waals surface area contributed by atoms with Gasteiger partial charge in [-0.15, -0.1) is 0 Å². The molecule has 1 aliphatic carbocycles. The molecule has 2 fully saturated rings. The molecule has 42 heavy (non-hydrogen) atoms. The van der Waals surface area contributed by atoms with E-state index < -0.39 is 6.04 Å². The number of benzene rings is 2. The van der Waals surface area contributed by atoms with Gasteiger partial charge in [0.1, 0.15) is 6.04 Å². The van der Waals surface area contributed by atoms with Crippen LogP contribution in [0.25, 0.3) is 10.9 Å². The molecule has 2 aliphatic rings. The Morgan fingerprint density at radius 3 is 2.40 bits per heavy atom. The molecule has 1 saturated carbocycles. The quantitative estimate of drug-likeness (QED) is 0.362. The van der Waals surface area contributed by atoms with Gasteiger partial charge in [-0.3, -0.25) is 9.59 Å². The Kier molecular flexibility index (Phi) is 9.47. The molecular formula is C33H44N6O3. The predicted molar refractivity (Wildman–Crippen MR) is 166 cm³/mol. The van der Waals surface area contributed by atoms with Crippen molar-refractivity contribution in [2.45, 2.75) is 57.5 Å². The summed E-state index contributed by atoms with van der Waals surface area (Å²) in [5.74, 6) is -0.213. The van der Waals surface area contributed by atoms with E-state index in [2.05, 4.69) is 20.5 Å². The molecule has 0 bridgehead atoms. The molecular weight excluding hydrogens is 528 g/mol. The van der Waals surface area contributed by atoms with E-state index in [9.17, 15) is 14.4 Å². The number of nitrogens with one attached hydrogen (secondary N) is 3. The lowest BCUT2D eigenvalue weighted by Crippen LogP contribution is -2.57. The number of fused-ring (bicyclic) bond motifs is 1. The van der Waals surface area contributed by atoms with Crippen LogP contribution in [0.3, 0.4) is 0 Å². The monoisotopic (exact) mass is 572 g/mol. The van der Waals surface area contributed by atoms with Crippen LogP contribution < -0.4 is 10.6 Å². The summed E-state index contributed by atoms with van der Waals surface area (Å²) in [7, 11) is 4.01. The topological polar surface area (TPSA) is 101 Å². The molecule has 3 aromatic rings. The molecule has 4 amide bonds. The lowest BCUT2D eigenvalue weighted by Gasteiger charge is -2.38. The van der Waals surface area contributed by atoms with Gasteiger partial charge in [-0.25, -0.2) is 4.79 Å². The van der Waals surface area contributed by atoms with E-state index in [4.69, 9.17) is 0 Å². The molecule has 1 aliphatic heterocycles. The summed E-state index contributed by atoms with van der Waals surface area (Å²) in [6.07, 6.45) is 7.33. The maximum absolute atomic E-state index is 13.8. The highest BCUT2D eigenvalue weighted by molar-refractivity contribution is 5.98. The smallest absolute Gasteiger partial charge is 0.318 e. The summed E-state index contributed by atoms with van der Waals surface area (Å²) in [4.78, 5) is 49.5. The average molecular weight is 573 g/mol. The van der Waals surface area contributed by atoms with Gasteiger partial charge in [-0.05, 0) is 56.3 Å². The first-order chi connectivity index (χ1) is 20.3. The van der Waals surface area contributed by atoms with Crippen molar-refractivity contribution in [3.63, 3.8) is 0 Å². The second-order valence-electron chi connectivity index (χ2n) is 12.1. The first kappa shape index (κ1) is 29.6. The number of hydrogen-bond donors (Lipinski definition) is 3. The summed E-state index contributed by atoms with van der Waals surface area (Å²) in [5, 5.41) is 7.15. The van der Waals surface area contributed by atoms with Crippen molar-refractivity contribution in [3.8, 4) is 0 Å². The molecule has 1 saturated heterocycles. The van der Waals surface area contributed by atoms with Crippen molar-refractivity contribution >= 4 is 34.4 Å². The number of urea groups is 1. The number of aromatic nitrogens is 1. The third-order valence-corrected chi connectivity index (χ3v) is 8.70. The van der Waals surface area contributed by atoms with Crippen LogP contribution in [0.4, 0.5) is 10.5 Å². The molecule has 3 N–H and O–H groups in total. The van der Waals surface area contributed by atoms with Gasteiger partial charge in [0.15, 0.2) is 0 Å². The summed E-state index contributed by atoms with van der Waals surface area (Å²) in [6.45, 7) is 4.68. The van der Waals surface area contributed by atoms with Gasteiger partial charge in [-0.2, -0.15) is 0 Å². The highest BCUT2D eigenvalue weighted by Crippen LogP contribution is 2.29. The molecule has 0 unspecified atom stereocenters. The van der Waals surface area contributed by atoms with Crippen molar-refractivity contribution in [1.29, 1.82) is 0 Å². The van der Waals surface area contributed by atoms with Crippen molar-refractivity contribution in [3.05, 3.63) is 65.9 Å². The van der Waals surface area contributed by atoms with E-state index in [-0.39, 0.29) is 29.7 Å². The molecule has 9 nitrogen and oxygen atoms in total. The largest absolute Gasteiger partial charge is 0.361 e. The number of anilines is 1. The Bertz CT molecular complexity index is 1390. The lowest BCUT2D eigenvalue weighted by atomic mass is 9.88. The van der Waals surface area contributed by atoms with Gasteiger partial charge in [0, 0.05) is 67.3 Å². The van der Waals surface area contributed by atoms with Crippen molar-refractivity contribution in [2.75, 3.05) is 45.6 Å². The Hall–Kier alpha value is -3.85. The van der Waals surface area contributed by atoms with E-state index in [1.165, 1.54) is 6.42 Å². The third-order valence-electron chi connectivity index (χ3n) is 8.70. The van der Waals surface area contributed by atoms with E-state index in [1.54, 1.807) is 4.90 Å². The van der Waals surface area contributed by atoms with Crippen molar-refractivity contribution in [1.82, 2.24) is 25.0 Å². The number of nitrogens with zero attached hydrogens (tertiary/aromatic N) is 3. The maximum atomic E-state index is 13.8. The Labute approximate surface area is 248 Å². The summed E-state index contributed by atoms with van der Waals surface area (Å²) in [5.41, 5.74) is 3.73. The number of aromatic amines is 1. The van der Waals surface area contributed by atoms with Crippen LogP contribution in [0.5, 0.6) is 0 Å². The molecule has 1 aromatic heterocycles. The zero-order valence-electron chi connectivity index (χ0n) is 25.1. The Morgan fingerprint density at radius 1 is 0.952 bits per heavy atom. The van der Waals surface area contributed by atoms with Crippen LogP contribution >= 0.6 is 0 Å². The minimum absolute atomic E-state index is 0.125.